The van der Waals surface area contributed by atoms with Gasteiger partial charge < -0.3 is 18.8 Å². The van der Waals surface area contributed by atoms with Crippen LogP contribution in [0, 0.1) is 0 Å². The van der Waals surface area contributed by atoms with Gasteiger partial charge in [0.15, 0.2) is 17.4 Å². The predicted octanol–water partition coefficient (Wildman–Crippen LogP) is 4.25. The molecule has 1 fully saturated rings. The maximum absolute atomic E-state index is 12.6. The van der Waals surface area contributed by atoms with Crippen LogP contribution in [0.25, 0.3) is 6.08 Å². The van der Waals surface area contributed by atoms with Crippen molar-refractivity contribution in [1.29, 1.82) is 0 Å². The highest BCUT2D eigenvalue weighted by atomic mass is 32.2. The molecular weight excluding hydrogens is 392 g/mol. The van der Waals surface area contributed by atoms with E-state index in [9.17, 15) is 9.59 Å². The number of para-hydroxylation sites is 2. The number of imide groups is 1. The lowest BCUT2D eigenvalue weighted by molar-refractivity contribution is -0.123. The lowest BCUT2D eigenvalue weighted by Gasteiger charge is -2.16. The number of hydrogen-bond donors (Lipinski definition) is 0. The smallest absolute Gasteiger partial charge is 0.293 e. The van der Waals surface area contributed by atoms with Crippen molar-refractivity contribution in [2.24, 2.45) is 0 Å². The number of ether oxygens (including phenoxy) is 2. The Morgan fingerprint density at radius 3 is 2.52 bits per heavy atom. The van der Waals surface area contributed by atoms with Crippen molar-refractivity contribution in [2.45, 2.75) is 13.8 Å². The van der Waals surface area contributed by atoms with Crippen LogP contribution in [-0.4, -0.2) is 49.4 Å². The van der Waals surface area contributed by atoms with E-state index >= 15 is 0 Å². The summed E-state index contributed by atoms with van der Waals surface area (Å²) in [6.07, 6.45) is 1.61. The summed E-state index contributed by atoms with van der Waals surface area (Å²) in [6, 6.07) is 10.9. The number of benzene rings is 1. The summed E-state index contributed by atoms with van der Waals surface area (Å²) in [5.41, 5.74) is 0. The van der Waals surface area contributed by atoms with E-state index in [1.54, 1.807) is 31.4 Å². The minimum Gasteiger partial charge on any atom is -0.493 e. The molecule has 0 spiro atoms. The van der Waals surface area contributed by atoms with Crippen molar-refractivity contribution < 1.29 is 23.5 Å². The van der Waals surface area contributed by atoms with Crippen LogP contribution in [0.4, 0.5) is 10.7 Å². The Morgan fingerprint density at radius 2 is 1.83 bits per heavy atom. The summed E-state index contributed by atoms with van der Waals surface area (Å²) in [7, 11) is 1.56. The van der Waals surface area contributed by atoms with E-state index in [0.717, 1.165) is 30.7 Å². The van der Waals surface area contributed by atoms with Gasteiger partial charge in [0.1, 0.15) is 12.4 Å². The molecule has 7 nitrogen and oxygen atoms in total. The molecule has 0 radical (unpaired) electrons. The average molecular weight is 416 g/mol. The molecule has 0 N–H and O–H groups in total. The molecule has 2 aromatic rings. The predicted molar refractivity (Wildman–Crippen MR) is 113 cm³/mol. The quantitative estimate of drug-likeness (QED) is 0.566. The largest absolute Gasteiger partial charge is 0.493 e. The minimum atomic E-state index is -0.343. The second kappa shape index (κ2) is 9.56. The van der Waals surface area contributed by atoms with Gasteiger partial charge in [-0.05, 0) is 43.8 Å². The number of anilines is 1. The molecule has 0 aliphatic carbocycles. The summed E-state index contributed by atoms with van der Waals surface area (Å²) < 4.78 is 16.7. The van der Waals surface area contributed by atoms with Crippen LogP contribution >= 0.6 is 11.8 Å². The van der Waals surface area contributed by atoms with E-state index in [0.29, 0.717) is 22.2 Å². The Hall–Kier alpha value is -2.87. The number of carbonyl (C=O) groups excluding carboxylic acids is 2. The molecule has 154 valence electrons. The van der Waals surface area contributed by atoms with E-state index in [1.165, 1.54) is 4.90 Å². The highest BCUT2D eigenvalue weighted by molar-refractivity contribution is 8.18. The maximum atomic E-state index is 12.6. The van der Waals surface area contributed by atoms with Crippen LogP contribution < -0.4 is 14.4 Å². The summed E-state index contributed by atoms with van der Waals surface area (Å²) in [5.74, 6) is 2.11. The molecule has 29 heavy (non-hydrogen) atoms. The fourth-order valence-corrected chi connectivity index (χ4v) is 3.78. The Labute approximate surface area is 174 Å². The fourth-order valence-electron chi connectivity index (χ4n) is 2.93. The van der Waals surface area contributed by atoms with Gasteiger partial charge in [0.05, 0.1) is 18.6 Å². The number of rotatable bonds is 9. The van der Waals surface area contributed by atoms with Crippen LogP contribution in [0.15, 0.2) is 45.7 Å². The summed E-state index contributed by atoms with van der Waals surface area (Å²) >= 11 is 0.904. The van der Waals surface area contributed by atoms with Crippen LogP contribution in [0.2, 0.25) is 0 Å². The average Bonchev–Trinajstić information content (AvgIpc) is 3.29. The first kappa shape index (κ1) is 20.9. The third-order valence-corrected chi connectivity index (χ3v) is 5.38. The van der Waals surface area contributed by atoms with E-state index in [4.69, 9.17) is 13.9 Å². The molecule has 1 aliphatic rings. The van der Waals surface area contributed by atoms with Gasteiger partial charge >= 0.3 is 0 Å². The highest BCUT2D eigenvalue weighted by Gasteiger charge is 2.35. The molecule has 2 heterocycles. The van der Waals surface area contributed by atoms with E-state index < -0.39 is 0 Å². The Morgan fingerprint density at radius 1 is 1.10 bits per heavy atom. The molecular formula is C21H24N2O5S. The van der Waals surface area contributed by atoms with Gasteiger partial charge in [0.25, 0.3) is 11.1 Å². The molecule has 1 aliphatic heterocycles. The molecule has 0 unspecified atom stereocenters. The summed E-state index contributed by atoms with van der Waals surface area (Å²) in [6.45, 7) is 6.08. The van der Waals surface area contributed by atoms with Gasteiger partial charge in [-0.1, -0.05) is 12.1 Å². The number of hydrogen-bond acceptors (Lipinski definition) is 7. The van der Waals surface area contributed by atoms with Crippen molar-refractivity contribution in [3.8, 4) is 11.5 Å². The van der Waals surface area contributed by atoms with Crippen LogP contribution in [0.3, 0.4) is 0 Å². The third kappa shape index (κ3) is 4.76. The number of carbonyl (C=O) groups is 2. The summed E-state index contributed by atoms with van der Waals surface area (Å²) in [5, 5.41) is -0.319. The molecule has 3 rings (SSSR count). The number of amides is 2. The lowest BCUT2D eigenvalue weighted by atomic mass is 10.3. The Bertz CT molecular complexity index is 904. The minimum absolute atomic E-state index is 0.156. The number of nitrogens with zero attached hydrogens (tertiary/aromatic N) is 2. The van der Waals surface area contributed by atoms with E-state index in [-0.39, 0.29) is 24.3 Å². The molecule has 0 bridgehead atoms. The number of furan rings is 1. The SMILES string of the molecule is CCN(CC)c1ccc(/C=C2\SC(=O)N(CCOc3ccccc3OC)C2=O)o1. The van der Waals surface area contributed by atoms with Gasteiger partial charge in [-0.25, -0.2) is 0 Å². The fraction of sp³-hybridized carbons (Fsp3) is 0.333. The van der Waals surface area contributed by atoms with Crippen molar-refractivity contribution in [1.82, 2.24) is 4.90 Å². The van der Waals surface area contributed by atoms with Crippen molar-refractivity contribution in [2.75, 3.05) is 38.3 Å². The van der Waals surface area contributed by atoms with Crippen LogP contribution in [0.5, 0.6) is 11.5 Å². The van der Waals surface area contributed by atoms with Gasteiger partial charge in [0.2, 0.25) is 0 Å². The van der Waals surface area contributed by atoms with E-state index in [2.05, 4.69) is 4.90 Å². The van der Waals surface area contributed by atoms with Crippen LogP contribution in [0.1, 0.15) is 19.6 Å². The third-order valence-electron chi connectivity index (χ3n) is 4.48. The number of thioether (sulfide) groups is 1. The van der Waals surface area contributed by atoms with Gasteiger partial charge in [-0.15, -0.1) is 0 Å². The first-order chi connectivity index (χ1) is 14.1. The molecule has 0 atom stereocenters. The van der Waals surface area contributed by atoms with Gasteiger partial charge in [-0.3, -0.25) is 14.5 Å². The molecule has 1 saturated heterocycles. The molecule has 1 aromatic heterocycles. The Balaban J connectivity index is 1.63. The lowest BCUT2D eigenvalue weighted by Crippen LogP contribution is -2.32. The van der Waals surface area contributed by atoms with Crippen molar-refractivity contribution in [3.05, 3.63) is 47.1 Å². The molecule has 2 amide bonds. The molecule has 8 heteroatoms. The van der Waals surface area contributed by atoms with Gasteiger partial charge in [-0.2, -0.15) is 0 Å². The standard InChI is InChI=1S/C21H24N2O5S/c1-4-22(5-2)19-11-10-15(28-19)14-18-20(24)23(21(25)29-18)12-13-27-17-9-7-6-8-16(17)26-3/h6-11,14H,4-5,12-13H2,1-3H3/b18-14-. The van der Waals surface area contributed by atoms with Crippen LogP contribution in [-0.2, 0) is 4.79 Å². The summed E-state index contributed by atoms with van der Waals surface area (Å²) in [4.78, 5) is 28.5. The molecule has 1 aromatic carbocycles. The monoisotopic (exact) mass is 416 g/mol. The van der Waals surface area contributed by atoms with Gasteiger partial charge in [0, 0.05) is 25.2 Å². The zero-order valence-electron chi connectivity index (χ0n) is 16.7. The second-order valence-electron chi connectivity index (χ2n) is 6.18. The maximum Gasteiger partial charge on any atom is 0.293 e. The van der Waals surface area contributed by atoms with Crippen molar-refractivity contribution in [3.63, 3.8) is 0 Å². The highest BCUT2D eigenvalue weighted by Crippen LogP contribution is 2.33. The number of methoxy groups -OCH3 is 1. The zero-order valence-corrected chi connectivity index (χ0v) is 17.5. The first-order valence-electron chi connectivity index (χ1n) is 9.43. The van der Waals surface area contributed by atoms with Crippen molar-refractivity contribution >= 4 is 34.9 Å². The normalized spacial score (nSPS) is 15.3. The second-order valence-corrected chi connectivity index (χ2v) is 7.17. The topological polar surface area (TPSA) is 72.2 Å². The first-order valence-corrected chi connectivity index (χ1v) is 10.2. The Kier molecular flexibility index (Phi) is 6.87. The van der Waals surface area contributed by atoms with E-state index in [1.807, 2.05) is 32.0 Å². The molecule has 0 saturated carbocycles. The zero-order chi connectivity index (χ0) is 20.8.